The highest BCUT2D eigenvalue weighted by atomic mass is 32.2. The summed E-state index contributed by atoms with van der Waals surface area (Å²) in [4.78, 5) is 5.51. The highest BCUT2D eigenvalue weighted by Crippen LogP contribution is 2.31. The molecule has 2 N–H and O–H groups in total. The fourth-order valence-electron chi connectivity index (χ4n) is 2.74. The van der Waals surface area contributed by atoms with Crippen LogP contribution < -0.4 is 9.88 Å². The van der Waals surface area contributed by atoms with Crippen molar-refractivity contribution in [3.8, 4) is 11.5 Å². The Labute approximate surface area is 172 Å². The molecule has 0 aliphatic heterocycles. The molecule has 0 aromatic heterocycles. The van der Waals surface area contributed by atoms with Crippen LogP contribution in [-0.2, 0) is 16.6 Å². The molecule has 0 bridgehead atoms. The molecule has 0 spiro atoms. The van der Waals surface area contributed by atoms with Gasteiger partial charge in [-0.25, -0.2) is 13.6 Å². The number of ether oxygens (including phenoxy) is 1. The number of likely N-dealkylation sites (N-methyl/N-ethyl adjacent to an activating group) is 2. The van der Waals surface area contributed by atoms with Crippen molar-refractivity contribution in [2.24, 2.45) is 5.14 Å². The summed E-state index contributed by atoms with van der Waals surface area (Å²) in [6.45, 7) is 4.33. The van der Waals surface area contributed by atoms with Crippen LogP contribution in [0, 0.1) is 6.92 Å². The quantitative estimate of drug-likeness (QED) is 0.625. The first-order valence-corrected chi connectivity index (χ1v) is 11.7. The molecule has 6 nitrogen and oxygen atoms in total. The highest BCUT2D eigenvalue weighted by molar-refractivity contribution is 7.98. The van der Waals surface area contributed by atoms with Crippen LogP contribution in [0.3, 0.4) is 0 Å². The van der Waals surface area contributed by atoms with Gasteiger partial charge in [-0.3, -0.25) is 0 Å². The van der Waals surface area contributed by atoms with Crippen molar-refractivity contribution in [2.75, 3.05) is 40.5 Å². The molecule has 0 saturated carbocycles. The van der Waals surface area contributed by atoms with Crippen LogP contribution in [0.15, 0.2) is 46.2 Å². The van der Waals surface area contributed by atoms with E-state index >= 15 is 0 Å². The van der Waals surface area contributed by atoms with E-state index in [2.05, 4.69) is 9.80 Å². The van der Waals surface area contributed by atoms with E-state index in [0.29, 0.717) is 12.3 Å². The van der Waals surface area contributed by atoms with E-state index in [4.69, 9.17) is 9.88 Å². The lowest BCUT2D eigenvalue weighted by atomic mass is 10.2. The Bertz CT molecular complexity index is 915. The third-order valence-electron chi connectivity index (χ3n) is 4.32. The smallest absolute Gasteiger partial charge is 0.238 e. The van der Waals surface area contributed by atoms with E-state index in [-0.39, 0.29) is 4.90 Å². The summed E-state index contributed by atoms with van der Waals surface area (Å²) in [7, 11) is 2.25. The first-order valence-electron chi connectivity index (χ1n) is 8.91. The van der Waals surface area contributed by atoms with Crippen LogP contribution in [0.2, 0.25) is 0 Å². The van der Waals surface area contributed by atoms with Crippen LogP contribution in [-0.4, -0.2) is 58.7 Å². The zero-order valence-corrected chi connectivity index (χ0v) is 18.7. The SMILES string of the molecule is CSc1ccc(Oc2ccc(S(N)(=O)=O)cc2CN(C)CCN(C)C)cc1C. The molecule has 0 atom stereocenters. The number of benzene rings is 2. The monoisotopic (exact) mass is 423 g/mol. The maximum atomic E-state index is 11.8. The molecule has 0 unspecified atom stereocenters. The normalized spacial score (nSPS) is 12.0. The van der Waals surface area contributed by atoms with Gasteiger partial charge in [0.2, 0.25) is 10.0 Å². The lowest BCUT2D eigenvalue weighted by Gasteiger charge is -2.21. The predicted molar refractivity (Wildman–Crippen MR) is 116 cm³/mol. The van der Waals surface area contributed by atoms with Gasteiger partial charge in [-0.1, -0.05) is 0 Å². The summed E-state index contributed by atoms with van der Waals surface area (Å²) >= 11 is 1.69. The average molecular weight is 424 g/mol. The van der Waals surface area contributed by atoms with Gasteiger partial charge < -0.3 is 14.5 Å². The minimum absolute atomic E-state index is 0.0878. The van der Waals surface area contributed by atoms with Gasteiger partial charge in [-0.2, -0.15) is 0 Å². The molecule has 0 aliphatic carbocycles. The summed E-state index contributed by atoms with van der Waals surface area (Å²) in [6.07, 6.45) is 2.04. The van der Waals surface area contributed by atoms with Gasteiger partial charge >= 0.3 is 0 Å². The molecule has 154 valence electrons. The van der Waals surface area contributed by atoms with Crippen LogP contribution in [0.4, 0.5) is 0 Å². The lowest BCUT2D eigenvalue weighted by Crippen LogP contribution is -2.28. The molecular formula is C20H29N3O3S2. The van der Waals surface area contributed by atoms with E-state index in [1.54, 1.807) is 23.9 Å². The number of hydrogen-bond donors (Lipinski definition) is 1. The van der Waals surface area contributed by atoms with Crippen LogP contribution in [0.5, 0.6) is 11.5 Å². The summed E-state index contributed by atoms with van der Waals surface area (Å²) in [5.41, 5.74) is 1.91. The largest absolute Gasteiger partial charge is 0.457 e. The number of aryl methyl sites for hydroxylation is 1. The molecule has 2 aromatic rings. The minimum Gasteiger partial charge on any atom is -0.457 e. The lowest BCUT2D eigenvalue weighted by molar-refractivity contribution is 0.273. The van der Waals surface area contributed by atoms with E-state index in [1.165, 1.54) is 11.0 Å². The van der Waals surface area contributed by atoms with Crippen molar-refractivity contribution in [1.82, 2.24) is 9.80 Å². The van der Waals surface area contributed by atoms with E-state index in [9.17, 15) is 8.42 Å². The minimum atomic E-state index is -3.78. The molecule has 0 heterocycles. The Kier molecular flexibility index (Phi) is 7.91. The van der Waals surface area contributed by atoms with E-state index < -0.39 is 10.0 Å². The van der Waals surface area contributed by atoms with Crippen molar-refractivity contribution < 1.29 is 13.2 Å². The summed E-state index contributed by atoms with van der Waals surface area (Å²) in [6, 6.07) is 10.7. The molecule has 0 fully saturated rings. The number of thioether (sulfide) groups is 1. The predicted octanol–water partition coefficient (Wildman–Crippen LogP) is 3.15. The number of sulfonamides is 1. The molecule has 0 aliphatic rings. The Morgan fingerprint density at radius 2 is 1.79 bits per heavy atom. The molecule has 2 aromatic carbocycles. The van der Waals surface area contributed by atoms with Gasteiger partial charge in [-0.15, -0.1) is 11.8 Å². The van der Waals surface area contributed by atoms with E-state index in [1.807, 2.05) is 52.5 Å². The Balaban J connectivity index is 2.32. The Morgan fingerprint density at radius 1 is 1.07 bits per heavy atom. The topological polar surface area (TPSA) is 75.9 Å². The van der Waals surface area contributed by atoms with Gasteiger partial charge in [-0.05, 0) is 76.3 Å². The zero-order valence-electron chi connectivity index (χ0n) is 17.1. The fraction of sp³-hybridized carbons (Fsp3) is 0.400. The summed E-state index contributed by atoms with van der Waals surface area (Å²) in [5.74, 6) is 1.34. The Morgan fingerprint density at radius 3 is 2.36 bits per heavy atom. The van der Waals surface area contributed by atoms with Gasteiger partial charge in [0.1, 0.15) is 11.5 Å². The van der Waals surface area contributed by atoms with Crippen LogP contribution in [0.1, 0.15) is 11.1 Å². The van der Waals surface area contributed by atoms with Crippen molar-refractivity contribution in [2.45, 2.75) is 23.3 Å². The maximum Gasteiger partial charge on any atom is 0.238 e. The zero-order chi connectivity index (χ0) is 20.9. The number of rotatable bonds is 9. The second-order valence-electron chi connectivity index (χ2n) is 7.09. The molecule has 8 heteroatoms. The Hall–Kier alpha value is -1.58. The van der Waals surface area contributed by atoms with Crippen molar-refractivity contribution in [3.05, 3.63) is 47.5 Å². The van der Waals surface area contributed by atoms with Crippen molar-refractivity contribution in [1.29, 1.82) is 0 Å². The van der Waals surface area contributed by atoms with Crippen LogP contribution >= 0.6 is 11.8 Å². The van der Waals surface area contributed by atoms with Gasteiger partial charge in [0, 0.05) is 30.1 Å². The summed E-state index contributed by atoms with van der Waals surface area (Å²) < 4.78 is 29.7. The highest BCUT2D eigenvalue weighted by Gasteiger charge is 2.15. The van der Waals surface area contributed by atoms with Gasteiger partial charge in [0.25, 0.3) is 0 Å². The maximum absolute atomic E-state index is 11.8. The van der Waals surface area contributed by atoms with Crippen molar-refractivity contribution in [3.63, 3.8) is 0 Å². The molecule has 0 saturated heterocycles. The van der Waals surface area contributed by atoms with Gasteiger partial charge in [0.05, 0.1) is 4.90 Å². The van der Waals surface area contributed by atoms with Crippen LogP contribution in [0.25, 0.3) is 0 Å². The molecule has 0 radical (unpaired) electrons. The standard InChI is InChI=1S/C20H29N3O3S2/c1-15-12-17(6-9-20(15)27-5)26-19-8-7-18(28(21,24)25)13-16(19)14-23(4)11-10-22(2)3/h6-9,12-13H,10-11,14H2,1-5H3,(H2,21,24,25). The third-order valence-corrected chi connectivity index (χ3v) is 6.13. The number of primary sulfonamides is 1. The first-order chi connectivity index (χ1) is 13.1. The molecule has 2 rings (SSSR count). The average Bonchev–Trinajstić information content (AvgIpc) is 2.60. The number of nitrogens with zero attached hydrogens (tertiary/aromatic N) is 2. The second kappa shape index (κ2) is 9.76. The number of hydrogen-bond acceptors (Lipinski definition) is 6. The first kappa shape index (κ1) is 22.7. The second-order valence-corrected chi connectivity index (χ2v) is 9.50. The molecular weight excluding hydrogens is 394 g/mol. The number of nitrogens with two attached hydrogens (primary N) is 1. The fourth-order valence-corrected chi connectivity index (χ4v) is 3.89. The van der Waals surface area contributed by atoms with Crippen molar-refractivity contribution >= 4 is 21.8 Å². The van der Waals surface area contributed by atoms with Gasteiger partial charge in [0.15, 0.2) is 0 Å². The summed E-state index contributed by atoms with van der Waals surface area (Å²) in [5, 5.41) is 5.32. The van der Waals surface area contributed by atoms with E-state index in [0.717, 1.165) is 30.0 Å². The molecule has 0 amide bonds. The molecule has 28 heavy (non-hydrogen) atoms. The third kappa shape index (κ3) is 6.49.